The molecular weight excluding hydrogens is 478 g/mol. The summed E-state index contributed by atoms with van der Waals surface area (Å²) in [4.78, 5) is 20.7. The lowest BCUT2D eigenvalue weighted by molar-refractivity contribution is -0.116. The number of nitrogens with two attached hydrogens (primary N) is 1. The largest absolute Gasteiger partial charge is 0.494 e. The number of fused-ring (bicyclic) bond motifs is 1. The first-order valence-electron chi connectivity index (χ1n) is 10.7. The second-order valence-corrected chi connectivity index (χ2v) is 7.49. The Morgan fingerprint density at radius 2 is 1.97 bits per heavy atom. The minimum absolute atomic E-state index is 0. The summed E-state index contributed by atoms with van der Waals surface area (Å²) in [5.41, 5.74) is 8.69. The van der Waals surface area contributed by atoms with E-state index >= 15 is 0 Å². The maximum absolute atomic E-state index is 14.7. The van der Waals surface area contributed by atoms with Crippen molar-refractivity contribution in [2.45, 2.75) is 19.8 Å². The zero-order valence-corrected chi connectivity index (χ0v) is 20.0. The lowest BCUT2D eigenvalue weighted by atomic mass is 10.1. The highest BCUT2D eigenvalue weighted by Gasteiger charge is 2.19. The van der Waals surface area contributed by atoms with Gasteiger partial charge in [-0.05, 0) is 42.3 Å². The molecule has 0 bridgehead atoms. The number of aromatic nitrogens is 3. The molecule has 2 aromatic carbocycles. The molecule has 0 spiro atoms. The van der Waals surface area contributed by atoms with Gasteiger partial charge in [-0.3, -0.25) is 9.20 Å². The van der Waals surface area contributed by atoms with E-state index in [1.165, 1.54) is 25.4 Å². The van der Waals surface area contributed by atoms with Crippen molar-refractivity contribution in [1.82, 2.24) is 14.4 Å². The molecule has 0 saturated heterocycles. The average Bonchev–Trinajstić information content (AvgIpc) is 3.27. The maximum atomic E-state index is 14.7. The number of hydrogen-bond donors (Lipinski definition) is 3. The number of benzene rings is 2. The first-order chi connectivity index (χ1) is 16.5. The van der Waals surface area contributed by atoms with Crippen LogP contribution in [0.1, 0.15) is 18.9 Å². The number of halogens is 3. The number of methoxy groups -OCH3 is 1. The van der Waals surface area contributed by atoms with E-state index in [1.807, 2.05) is 25.1 Å². The van der Waals surface area contributed by atoms with Gasteiger partial charge in [-0.15, -0.1) is 12.4 Å². The van der Waals surface area contributed by atoms with Gasteiger partial charge in [0.25, 0.3) is 0 Å². The standard InChI is InChI=1S/C24H24F2N6O2.ClH/c1-3-14-12-15(4-6-17(14)31-20(33)8-9-27)30-23-24-29-13-18(32(24)11-10-28-23)16-5-7-19(34-2)22(26)21(16)25;/h4-7,10-13H,3,8-9,27H2,1-2H3,(H,28,30)(H,31,33);1H. The van der Waals surface area contributed by atoms with Crippen molar-refractivity contribution in [3.8, 4) is 17.0 Å². The molecule has 0 saturated carbocycles. The van der Waals surface area contributed by atoms with Crippen LogP contribution in [-0.4, -0.2) is 33.9 Å². The molecule has 1 amide bonds. The molecule has 0 radical (unpaired) electrons. The molecule has 4 aromatic rings. The first kappa shape index (κ1) is 25.9. The van der Waals surface area contributed by atoms with Crippen LogP contribution in [0.2, 0.25) is 0 Å². The quantitative estimate of drug-likeness (QED) is 0.322. The molecule has 2 aromatic heterocycles. The normalized spacial score (nSPS) is 10.7. The number of imidazole rings is 1. The second-order valence-electron chi connectivity index (χ2n) is 7.49. The van der Waals surface area contributed by atoms with Gasteiger partial charge in [0.15, 0.2) is 23.0 Å². The van der Waals surface area contributed by atoms with Gasteiger partial charge in [0.2, 0.25) is 11.7 Å². The summed E-state index contributed by atoms with van der Waals surface area (Å²) in [6.07, 6.45) is 5.57. The smallest absolute Gasteiger partial charge is 0.225 e. The van der Waals surface area contributed by atoms with Gasteiger partial charge in [0.05, 0.1) is 19.0 Å². The van der Waals surface area contributed by atoms with Gasteiger partial charge < -0.3 is 21.1 Å². The summed E-state index contributed by atoms with van der Waals surface area (Å²) in [5.74, 6) is -1.96. The Labute approximate surface area is 206 Å². The van der Waals surface area contributed by atoms with E-state index in [1.54, 1.807) is 16.8 Å². The summed E-state index contributed by atoms with van der Waals surface area (Å²) in [5, 5.41) is 6.09. The molecule has 11 heteroatoms. The molecule has 0 unspecified atom stereocenters. The van der Waals surface area contributed by atoms with Crippen molar-refractivity contribution < 1.29 is 18.3 Å². The summed E-state index contributed by atoms with van der Waals surface area (Å²) < 4.78 is 35.4. The Balaban J connectivity index is 0.00000342. The first-order valence-corrected chi connectivity index (χ1v) is 10.7. The molecule has 4 N–H and O–H groups in total. The van der Waals surface area contributed by atoms with Gasteiger partial charge in [0, 0.05) is 42.3 Å². The molecular formula is C24H25ClF2N6O2. The highest BCUT2D eigenvalue weighted by atomic mass is 35.5. The number of amides is 1. The molecule has 0 atom stereocenters. The predicted molar refractivity (Wildman–Crippen MR) is 134 cm³/mol. The Bertz CT molecular complexity index is 1360. The highest BCUT2D eigenvalue weighted by molar-refractivity contribution is 5.92. The number of hydrogen-bond acceptors (Lipinski definition) is 6. The number of anilines is 3. The van der Waals surface area contributed by atoms with Crippen LogP contribution in [-0.2, 0) is 11.2 Å². The summed E-state index contributed by atoms with van der Waals surface area (Å²) in [6.45, 7) is 2.27. The molecule has 4 rings (SSSR count). The molecule has 184 valence electrons. The summed E-state index contributed by atoms with van der Waals surface area (Å²) >= 11 is 0. The van der Waals surface area contributed by atoms with Gasteiger partial charge in [-0.25, -0.2) is 14.4 Å². The third-order valence-electron chi connectivity index (χ3n) is 5.37. The van der Waals surface area contributed by atoms with E-state index in [0.717, 1.165) is 16.9 Å². The Kier molecular flexibility index (Phi) is 8.21. The van der Waals surface area contributed by atoms with Gasteiger partial charge in [-0.1, -0.05) is 6.92 Å². The highest BCUT2D eigenvalue weighted by Crippen LogP contribution is 2.32. The Hall–Kier alpha value is -3.76. The average molecular weight is 503 g/mol. The van der Waals surface area contributed by atoms with Crippen LogP contribution in [0.25, 0.3) is 16.9 Å². The van der Waals surface area contributed by atoms with Crippen molar-refractivity contribution in [3.05, 3.63) is 66.1 Å². The lowest BCUT2D eigenvalue weighted by Crippen LogP contribution is -2.17. The molecule has 2 heterocycles. The van der Waals surface area contributed by atoms with E-state index in [9.17, 15) is 13.6 Å². The second kappa shape index (κ2) is 11.1. The van der Waals surface area contributed by atoms with Crippen molar-refractivity contribution in [1.29, 1.82) is 0 Å². The van der Waals surface area contributed by atoms with E-state index in [-0.39, 0.29) is 42.6 Å². The number of aryl methyl sites for hydroxylation is 1. The molecule has 35 heavy (non-hydrogen) atoms. The van der Waals surface area contributed by atoms with Crippen LogP contribution in [0, 0.1) is 11.6 Å². The molecule has 0 aliphatic carbocycles. The number of rotatable bonds is 8. The van der Waals surface area contributed by atoms with Crippen LogP contribution in [0.15, 0.2) is 48.9 Å². The maximum Gasteiger partial charge on any atom is 0.225 e. The number of ether oxygens (including phenoxy) is 1. The number of nitrogens with one attached hydrogen (secondary N) is 2. The molecule has 0 fully saturated rings. The Morgan fingerprint density at radius 3 is 2.69 bits per heavy atom. The van der Waals surface area contributed by atoms with Crippen molar-refractivity contribution in [2.75, 3.05) is 24.3 Å². The third-order valence-corrected chi connectivity index (χ3v) is 5.37. The third kappa shape index (κ3) is 5.18. The zero-order chi connectivity index (χ0) is 24.2. The molecule has 0 aliphatic heterocycles. The van der Waals surface area contributed by atoms with E-state index in [2.05, 4.69) is 20.6 Å². The minimum atomic E-state index is -1.06. The van der Waals surface area contributed by atoms with Crippen LogP contribution >= 0.6 is 12.4 Å². The van der Waals surface area contributed by atoms with Crippen LogP contribution < -0.4 is 21.1 Å². The van der Waals surface area contributed by atoms with Crippen LogP contribution in [0.3, 0.4) is 0 Å². The predicted octanol–water partition coefficient (Wildman–Crippen LogP) is 4.70. The number of nitrogens with zero attached hydrogens (tertiary/aromatic N) is 3. The fraction of sp³-hybridized carbons (Fsp3) is 0.208. The molecule has 0 aliphatic rings. The zero-order valence-electron chi connectivity index (χ0n) is 19.1. The van der Waals surface area contributed by atoms with Crippen molar-refractivity contribution in [2.24, 2.45) is 5.73 Å². The van der Waals surface area contributed by atoms with E-state index < -0.39 is 11.6 Å². The lowest BCUT2D eigenvalue weighted by Gasteiger charge is -2.13. The van der Waals surface area contributed by atoms with Crippen molar-refractivity contribution >= 4 is 41.2 Å². The van der Waals surface area contributed by atoms with E-state index in [4.69, 9.17) is 10.5 Å². The SMILES string of the molecule is CCc1cc(Nc2nccn3c(-c4ccc(OC)c(F)c4F)cnc23)ccc1NC(=O)CCN.Cl. The topological polar surface area (TPSA) is 107 Å². The fourth-order valence-corrected chi connectivity index (χ4v) is 3.66. The van der Waals surface area contributed by atoms with Crippen molar-refractivity contribution in [3.63, 3.8) is 0 Å². The van der Waals surface area contributed by atoms with E-state index in [0.29, 0.717) is 23.6 Å². The Morgan fingerprint density at radius 1 is 1.17 bits per heavy atom. The monoisotopic (exact) mass is 502 g/mol. The fourth-order valence-electron chi connectivity index (χ4n) is 3.66. The van der Waals surface area contributed by atoms with Crippen LogP contribution in [0.5, 0.6) is 5.75 Å². The number of carbonyl (C=O) groups is 1. The van der Waals surface area contributed by atoms with Crippen LogP contribution in [0.4, 0.5) is 26.0 Å². The van der Waals surface area contributed by atoms with Gasteiger partial charge in [0.1, 0.15) is 0 Å². The van der Waals surface area contributed by atoms with Gasteiger partial charge >= 0.3 is 0 Å². The number of carbonyl (C=O) groups excluding carboxylic acids is 1. The van der Waals surface area contributed by atoms with Gasteiger partial charge in [-0.2, -0.15) is 4.39 Å². The summed E-state index contributed by atoms with van der Waals surface area (Å²) in [6, 6.07) is 8.34. The molecule has 8 nitrogen and oxygen atoms in total. The minimum Gasteiger partial charge on any atom is -0.494 e. The summed E-state index contributed by atoms with van der Waals surface area (Å²) in [7, 11) is 1.28.